The highest BCUT2D eigenvalue weighted by Crippen LogP contribution is 2.24. The number of fused-ring (bicyclic) bond motifs is 3. The number of rotatable bonds is 5. The van der Waals surface area contributed by atoms with E-state index in [1.165, 1.54) is 32.4 Å². The van der Waals surface area contributed by atoms with Crippen LogP contribution in [0.4, 0.5) is 0 Å². The molecule has 0 aliphatic carbocycles. The van der Waals surface area contributed by atoms with Crippen molar-refractivity contribution >= 4 is 16.6 Å². The number of hydrogen-bond donors (Lipinski definition) is 0. The predicted molar refractivity (Wildman–Crippen MR) is 110 cm³/mol. The minimum atomic E-state index is 0.725. The maximum absolute atomic E-state index is 5.93. The van der Waals surface area contributed by atoms with Crippen LogP contribution in [-0.2, 0) is 0 Å². The lowest BCUT2D eigenvalue weighted by atomic mass is 10.1. The minimum absolute atomic E-state index is 0.725. The Morgan fingerprint density at radius 1 is 0.893 bits per heavy atom. The number of nitrogens with zero attached hydrogens (tertiary/aromatic N) is 5. The van der Waals surface area contributed by atoms with Gasteiger partial charge in [-0.25, -0.2) is 4.98 Å². The van der Waals surface area contributed by atoms with Gasteiger partial charge in [0.2, 0.25) is 0 Å². The van der Waals surface area contributed by atoms with Crippen LogP contribution in [0.1, 0.15) is 19.3 Å². The Bertz CT molecular complexity index is 1080. The Balaban J connectivity index is 1.32. The first-order chi connectivity index (χ1) is 13.9. The molecule has 2 aromatic heterocycles. The average molecular weight is 373 g/mol. The summed E-state index contributed by atoms with van der Waals surface area (Å²) in [6.45, 7) is 4.12. The first-order valence-electron chi connectivity index (χ1n) is 9.92. The zero-order valence-electron chi connectivity index (χ0n) is 15.8. The molecular weight excluding hydrogens is 350 g/mol. The second-order valence-corrected chi connectivity index (χ2v) is 7.25. The molecule has 1 aliphatic rings. The summed E-state index contributed by atoms with van der Waals surface area (Å²) in [7, 11) is 0. The molecule has 2 aromatic carbocycles. The largest absolute Gasteiger partial charge is 0.492 e. The van der Waals surface area contributed by atoms with E-state index in [1.807, 2.05) is 52.9 Å². The number of likely N-dealkylation sites (tertiary alicyclic amines) is 1. The maximum Gasteiger partial charge on any atom is 0.171 e. The van der Waals surface area contributed by atoms with E-state index < -0.39 is 0 Å². The topological polar surface area (TPSA) is 55.6 Å². The summed E-state index contributed by atoms with van der Waals surface area (Å²) in [4.78, 5) is 7.01. The van der Waals surface area contributed by atoms with Crippen LogP contribution in [0.5, 0.6) is 5.75 Å². The van der Waals surface area contributed by atoms with Crippen LogP contribution in [0.25, 0.3) is 27.9 Å². The van der Waals surface area contributed by atoms with E-state index in [0.717, 1.165) is 46.8 Å². The molecule has 1 saturated heterocycles. The molecule has 0 atom stereocenters. The molecular formula is C22H23N5O. The van der Waals surface area contributed by atoms with Gasteiger partial charge in [-0.2, -0.15) is 0 Å². The van der Waals surface area contributed by atoms with Gasteiger partial charge in [-0.1, -0.05) is 18.6 Å². The number of piperidine rings is 1. The second-order valence-electron chi connectivity index (χ2n) is 7.25. The highest BCUT2D eigenvalue weighted by molar-refractivity contribution is 5.91. The van der Waals surface area contributed by atoms with Gasteiger partial charge in [0.1, 0.15) is 18.7 Å². The van der Waals surface area contributed by atoms with Crippen molar-refractivity contribution in [3.05, 3.63) is 54.9 Å². The maximum atomic E-state index is 5.93. The SMILES string of the molecule is c1ccc2c(c1)ncn1c(-c3ccc(OCCN4CCCCC4)cc3)nnc21. The molecule has 3 heterocycles. The lowest BCUT2D eigenvalue weighted by Crippen LogP contribution is -2.33. The average Bonchev–Trinajstić information content (AvgIpc) is 3.20. The van der Waals surface area contributed by atoms with Gasteiger partial charge in [-0.05, 0) is 62.3 Å². The molecule has 0 spiro atoms. The number of ether oxygens (including phenoxy) is 1. The molecule has 0 bridgehead atoms. The highest BCUT2D eigenvalue weighted by Gasteiger charge is 2.12. The quantitative estimate of drug-likeness (QED) is 0.532. The Hall–Kier alpha value is -2.99. The van der Waals surface area contributed by atoms with Crippen molar-refractivity contribution in [3.63, 3.8) is 0 Å². The van der Waals surface area contributed by atoms with Crippen LogP contribution in [-0.4, -0.2) is 50.7 Å². The molecule has 6 nitrogen and oxygen atoms in total. The zero-order valence-corrected chi connectivity index (χ0v) is 15.8. The van der Waals surface area contributed by atoms with Crippen molar-refractivity contribution in [2.24, 2.45) is 0 Å². The van der Waals surface area contributed by atoms with E-state index in [0.29, 0.717) is 0 Å². The van der Waals surface area contributed by atoms with Crippen molar-refractivity contribution < 1.29 is 4.74 Å². The number of benzene rings is 2. The van der Waals surface area contributed by atoms with E-state index >= 15 is 0 Å². The van der Waals surface area contributed by atoms with Crippen molar-refractivity contribution in [2.75, 3.05) is 26.2 Å². The third-order valence-corrected chi connectivity index (χ3v) is 5.39. The first kappa shape index (κ1) is 17.1. The van der Waals surface area contributed by atoms with E-state index in [1.54, 1.807) is 6.33 Å². The fourth-order valence-corrected chi connectivity index (χ4v) is 3.85. The Labute approximate surface area is 163 Å². The molecule has 0 saturated carbocycles. The van der Waals surface area contributed by atoms with Gasteiger partial charge in [0, 0.05) is 17.5 Å². The normalized spacial score (nSPS) is 15.3. The molecule has 0 N–H and O–H groups in total. The van der Waals surface area contributed by atoms with Crippen LogP contribution in [0.15, 0.2) is 54.9 Å². The molecule has 0 amide bonds. The smallest absolute Gasteiger partial charge is 0.171 e. The molecule has 5 rings (SSSR count). The van der Waals surface area contributed by atoms with E-state index in [2.05, 4.69) is 20.1 Å². The van der Waals surface area contributed by atoms with Crippen molar-refractivity contribution in [2.45, 2.75) is 19.3 Å². The molecule has 0 radical (unpaired) electrons. The zero-order chi connectivity index (χ0) is 18.8. The Morgan fingerprint density at radius 2 is 1.71 bits per heavy atom. The molecule has 4 aromatic rings. The molecule has 28 heavy (non-hydrogen) atoms. The molecule has 1 aliphatic heterocycles. The molecule has 1 fully saturated rings. The number of para-hydroxylation sites is 1. The summed E-state index contributed by atoms with van der Waals surface area (Å²) in [5, 5.41) is 9.78. The van der Waals surface area contributed by atoms with Crippen LogP contribution < -0.4 is 4.74 Å². The van der Waals surface area contributed by atoms with Gasteiger partial charge in [-0.15, -0.1) is 10.2 Å². The summed E-state index contributed by atoms with van der Waals surface area (Å²) in [5.41, 5.74) is 2.74. The van der Waals surface area contributed by atoms with E-state index in [9.17, 15) is 0 Å². The fourth-order valence-electron chi connectivity index (χ4n) is 3.85. The summed E-state index contributed by atoms with van der Waals surface area (Å²) in [6, 6.07) is 16.0. The predicted octanol–water partition coefficient (Wildman–Crippen LogP) is 3.81. The van der Waals surface area contributed by atoms with Crippen molar-refractivity contribution in [3.8, 4) is 17.1 Å². The number of aromatic nitrogens is 4. The molecule has 0 unspecified atom stereocenters. The van der Waals surface area contributed by atoms with Gasteiger partial charge in [0.15, 0.2) is 11.5 Å². The third kappa shape index (κ3) is 3.31. The van der Waals surface area contributed by atoms with Crippen LogP contribution in [0.3, 0.4) is 0 Å². The van der Waals surface area contributed by atoms with E-state index in [4.69, 9.17) is 4.74 Å². The van der Waals surface area contributed by atoms with Gasteiger partial charge < -0.3 is 4.74 Å². The summed E-state index contributed by atoms with van der Waals surface area (Å²) >= 11 is 0. The van der Waals surface area contributed by atoms with Gasteiger partial charge in [-0.3, -0.25) is 9.30 Å². The summed E-state index contributed by atoms with van der Waals surface area (Å²) in [6.07, 6.45) is 5.77. The first-order valence-corrected chi connectivity index (χ1v) is 9.92. The highest BCUT2D eigenvalue weighted by atomic mass is 16.5. The van der Waals surface area contributed by atoms with Gasteiger partial charge in [0.05, 0.1) is 5.52 Å². The Morgan fingerprint density at radius 3 is 2.57 bits per heavy atom. The van der Waals surface area contributed by atoms with Crippen LogP contribution >= 0.6 is 0 Å². The second kappa shape index (κ2) is 7.56. The summed E-state index contributed by atoms with van der Waals surface area (Å²) < 4.78 is 7.87. The lowest BCUT2D eigenvalue weighted by Gasteiger charge is -2.26. The van der Waals surface area contributed by atoms with Gasteiger partial charge >= 0.3 is 0 Å². The van der Waals surface area contributed by atoms with E-state index in [-0.39, 0.29) is 0 Å². The Kier molecular flexibility index (Phi) is 4.62. The van der Waals surface area contributed by atoms with Crippen LogP contribution in [0.2, 0.25) is 0 Å². The van der Waals surface area contributed by atoms with Crippen LogP contribution in [0, 0.1) is 0 Å². The summed E-state index contributed by atoms with van der Waals surface area (Å²) in [5.74, 6) is 1.67. The minimum Gasteiger partial charge on any atom is -0.492 e. The fraction of sp³-hybridized carbons (Fsp3) is 0.318. The monoisotopic (exact) mass is 373 g/mol. The standard InChI is InChI=1S/C22H23N5O/c1-4-12-26(13-5-1)14-15-28-18-10-8-17(9-11-18)21-24-25-22-19-6-2-3-7-20(19)23-16-27(21)22/h2-3,6-11,16H,1,4-5,12-15H2. The third-order valence-electron chi connectivity index (χ3n) is 5.39. The molecule has 142 valence electrons. The van der Waals surface area contributed by atoms with Crippen molar-refractivity contribution in [1.29, 1.82) is 0 Å². The van der Waals surface area contributed by atoms with Gasteiger partial charge in [0.25, 0.3) is 0 Å². The number of hydrogen-bond acceptors (Lipinski definition) is 5. The molecule has 6 heteroatoms. The van der Waals surface area contributed by atoms with Crippen molar-refractivity contribution in [1.82, 2.24) is 24.5 Å². The lowest BCUT2D eigenvalue weighted by molar-refractivity contribution is 0.183.